The maximum Gasteiger partial charge on any atom is 0.246 e. The molecule has 1 aromatic rings. The second kappa shape index (κ2) is 6.50. The van der Waals surface area contributed by atoms with Crippen molar-refractivity contribution in [2.75, 3.05) is 7.05 Å². The number of benzene rings is 1. The van der Waals surface area contributed by atoms with Crippen molar-refractivity contribution >= 4 is 27.7 Å². The third-order valence-corrected chi connectivity index (χ3v) is 4.12. The summed E-state index contributed by atoms with van der Waals surface area (Å²) in [6.07, 6.45) is 1.88. The number of carbonyl (C=O) groups is 2. The van der Waals surface area contributed by atoms with Crippen molar-refractivity contribution in [1.29, 1.82) is 0 Å². The van der Waals surface area contributed by atoms with Gasteiger partial charge in [0.2, 0.25) is 11.8 Å². The van der Waals surface area contributed by atoms with E-state index in [0.717, 1.165) is 10.9 Å². The Morgan fingerprint density at radius 3 is 2.65 bits per heavy atom. The molecule has 2 rings (SSSR count). The van der Waals surface area contributed by atoms with Gasteiger partial charge in [0.05, 0.1) is 6.04 Å². The number of imide groups is 1. The zero-order valence-electron chi connectivity index (χ0n) is 11.7. The number of piperidine rings is 1. The van der Waals surface area contributed by atoms with E-state index in [-0.39, 0.29) is 23.9 Å². The van der Waals surface area contributed by atoms with Crippen LogP contribution in [-0.4, -0.2) is 35.8 Å². The first kappa shape index (κ1) is 15.2. The third kappa shape index (κ3) is 3.67. The summed E-state index contributed by atoms with van der Waals surface area (Å²) in [6, 6.07) is 8.11. The van der Waals surface area contributed by atoms with E-state index in [0.29, 0.717) is 12.8 Å². The van der Waals surface area contributed by atoms with E-state index >= 15 is 0 Å². The van der Waals surface area contributed by atoms with Crippen molar-refractivity contribution in [3.63, 3.8) is 0 Å². The molecule has 0 aliphatic carbocycles. The van der Waals surface area contributed by atoms with Gasteiger partial charge in [-0.05, 0) is 37.5 Å². The molecule has 1 N–H and O–H groups in total. The van der Waals surface area contributed by atoms with E-state index in [1.165, 1.54) is 10.5 Å². The van der Waals surface area contributed by atoms with Gasteiger partial charge in [-0.2, -0.15) is 0 Å². The number of hydrogen-bond donors (Lipinski definition) is 1. The Morgan fingerprint density at radius 1 is 1.35 bits per heavy atom. The van der Waals surface area contributed by atoms with Gasteiger partial charge in [0, 0.05) is 24.0 Å². The van der Waals surface area contributed by atoms with E-state index in [1.54, 1.807) is 7.05 Å². The van der Waals surface area contributed by atoms with Crippen molar-refractivity contribution < 1.29 is 9.59 Å². The number of hydrogen-bond acceptors (Lipinski definition) is 3. The van der Waals surface area contributed by atoms with Crippen LogP contribution in [0.2, 0.25) is 0 Å². The van der Waals surface area contributed by atoms with Crippen molar-refractivity contribution in [2.24, 2.45) is 0 Å². The van der Waals surface area contributed by atoms with E-state index in [1.807, 2.05) is 12.1 Å². The van der Waals surface area contributed by atoms with Crippen LogP contribution < -0.4 is 5.32 Å². The molecule has 108 valence electrons. The van der Waals surface area contributed by atoms with Crippen LogP contribution in [0.25, 0.3) is 0 Å². The highest BCUT2D eigenvalue weighted by Gasteiger charge is 2.32. The molecule has 0 spiro atoms. The van der Waals surface area contributed by atoms with E-state index < -0.39 is 0 Å². The molecule has 2 atom stereocenters. The van der Waals surface area contributed by atoms with Crippen LogP contribution in [0.1, 0.15) is 25.3 Å². The van der Waals surface area contributed by atoms with Gasteiger partial charge in [-0.25, -0.2) is 0 Å². The number of carbonyl (C=O) groups excluding carboxylic acids is 2. The topological polar surface area (TPSA) is 49.4 Å². The normalized spacial score (nSPS) is 21.1. The van der Waals surface area contributed by atoms with Gasteiger partial charge in [-0.15, -0.1) is 0 Å². The van der Waals surface area contributed by atoms with Crippen molar-refractivity contribution in [3.05, 3.63) is 34.3 Å². The van der Waals surface area contributed by atoms with Gasteiger partial charge in [0.1, 0.15) is 0 Å². The van der Waals surface area contributed by atoms with Crippen molar-refractivity contribution in [1.82, 2.24) is 10.2 Å². The van der Waals surface area contributed by atoms with Crippen LogP contribution in [0.5, 0.6) is 0 Å². The van der Waals surface area contributed by atoms with Gasteiger partial charge < -0.3 is 5.32 Å². The van der Waals surface area contributed by atoms with Gasteiger partial charge in [-0.1, -0.05) is 28.1 Å². The number of nitrogens with one attached hydrogen (secondary N) is 1. The van der Waals surface area contributed by atoms with Crippen LogP contribution in [-0.2, 0) is 16.0 Å². The Balaban J connectivity index is 1.91. The molecule has 0 saturated carbocycles. The average Bonchev–Trinajstić information content (AvgIpc) is 2.42. The van der Waals surface area contributed by atoms with E-state index in [2.05, 4.69) is 40.3 Å². The molecule has 1 saturated heterocycles. The van der Waals surface area contributed by atoms with Gasteiger partial charge >= 0.3 is 0 Å². The molecule has 2 unspecified atom stereocenters. The molecule has 0 radical (unpaired) electrons. The highest BCUT2D eigenvalue weighted by molar-refractivity contribution is 9.10. The predicted molar refractivity (Wildman–Crippen MR) is 81.2 cm³/mol. The zero-order valence-corrected chi connectivity index (χ0v) is 13.3. The minimum atomic E-state index is -0.247. The van der Waals surface area contributed by atoms with Crippen molar-refractivity contribution in [3.8, 4) is 0 Å². The van der Waals surface area contributed by atoms with Gasteiger partial charge in [-0.3, -0.25) is 14.5 Å². The number of halogens is 1. The number of rotatable bonds is 4. The summed E-state index contributed by atoms with van der Waals surface area (Å²) < 4.78 is 1.06. The second-order valence-corrected chi connectivity index (χ2v) is 6.20. The minimum absolute atomic E-state index is 0.0892. The van der Waals surface area contributed by atoms with Crippen molar-refractivity contribution in [2.45, 2.75) is 38.3 Å². The van der Waals surface area contributed by atoms with Crippen LogP contribution >= 0.6 is 15.9 Å². The Labute approximate surface area is 127 Å². The first-order valence-corrected chi connectivity index (χ1v) is 7.57. The van der Waals surface area contributed by atoms with Gasteiger partial charge in [0.15, 0.2) is 0 Å². The van der Waals surface area contributed by atoms with E-state index in [4.69, 9.17) is 0 Å². The maximum atomic E-state index is 12.0. The molecule has 2 amide bonds. The largest absolute Gasteiger partial charge is 0.303 e. The monoisotopic (exact) mass is 338 g/mol. The third-order valence-electron chi connectivity index (χ3n) is 3.59. The lowest BCUT2D eigenvalue weighted by Gasteiger charge is -2.30. The summed E-state index contributed by atoms with van der Waals surface area (Å²) in [5.41, 5.74) is 1.22. The predicted octanol–water partition coefficient (Wildman–Crippen LogP) is 2.12. The quantitative estimate of drug-likeness (QED) is 0.855. The summed E-state index contributed by atoms with van der Waals surface area (Å²) >= 11 is 3.41. The Morgan fingerprint density at radius 2 is 2.00 bits per heavy atom. The maximum absolute atomic E-state index is 12.0. The molecule has 1 aliphatic rings. The molecule has 1 fully saturated rings. The second-order valence-electron chi connectivity index (χ2n) is 5.28. The fraction of sp³-hybridized carbons (Fsp3) is 0.467. The number of likely N-dealkylation sites (tertiary alicyclic amines) is 1. The smallest absolute Gasteiger partial charge is 0.246 e. The Kier molecular flexibility index (Phi) is 4.94. The highest BCUT2D eigenvalue weighted by Crippen LogP contribution is 2.15. The molecule has 5 heteroatoms. The molecule has 20 heavy (non-hydrogen) atoms. The molecule has 0 bridgehead atoms. The summed E-state index contributed by atoms with van der Waals surface area (Å²) in [6.45, 7) is 2.06. The lowest BCUT2D eigenvalue weighted by molar-refractivity contribution is -0.148. The molecule has 0 aromatic heterocycles. The highest BCUT2D eigenvalue weighted by atomic mass is 79.9. The van der Waals surface area contributed by atoms with Crippen LogP contribution in [0.4, 0.5) is 0 Å². The summed E-state index contributed by atoms with van der Waals surface area (Å²) in [4.78, 5) is 24.7. The molecule has 1 heterocycles. The molecule has 1 aliphatic heterocycles. The zero-order chi connectivity index (χ0) is 14.7. The lowest BCUT2D eigenvalue weighted by atomic mass is 10.0. The summed E-state index contributed by atoms with van der Waals surface area (Å²) in [5.74, 6) is -0.211. The Bertz CT molecular complexity index is 501. The minimum Gasteiger partial charge on any atom is -0.303 e. The first-order chi connectivity index (χ1) is 9.47. The van der Waals surface area contributed by atoms with Crippen LogP contribution in [0.15, 0.2) is 28.7 Å². The number of likely N-dealkylation sites (N-methyl/N-ethyl adjacent to an activating group) is 1. The SMILES string of the molecule is CC(Cc1ccc(Br)cc1)NC1CCC(=O)N(C)C1=O. The number of nitrogens with zero attached hydrogens (tertiary/aromatic N) is 1. The molecule has 4 nitrogen and oxygen atoms in total. The summed E-state index contributed by atoms with van der Waals surface area (Å²) in [5, 5.41) is 3.33. The van der Waals surface area contributed by atoms with Crippen LogP contribution in [0, 0.1) is 0 Å². The van der Waals surface area contributed by atoms with Crippen LogP contribution in [0.3, 0.4) is 0 Å². The van der Waals surface area contributed by atoms with Gasteiger partial charge in [0.25, 0.3) is 0 Å². The molecular formula is C15H19BrN2O2. The lowest BCUT2D eigenvalue weighted by Crippen LogP contribution is -2.53. The number of amides is 2. The first-order valence-electron chi connectivity index (χ1n) is 6.78. The molecule has 1 aromatic carbocycles. The fourth-order valence-corrected chi connectivity index (χ4v) is 2.71. The molecular weight excluding hydrogens is 320 g/mol. The summed E-state index contributed by atoms with van der Waals surface area (Å²) in [7, 11) is 1.55. The fourth-order valence-electron chi connectivity index (χ4n) is 2.45. The average molecular weight is 339 g/mol. The Hall–Kier alpha value is -1.20. The van der Waals surface area contributed by atoms with E-state index in [9.17, 15) is 9.59 Å². The standard InChI is InChI=1S/C15H19BrN2O2/c1-10(9-11-3-5-12(16)6-4-11)17-13-7-8-14(19)18(2)15(13)20/h3-6,10,13,17H,7-9H2,1-2H3.